The predicted molar refractivity (Wildman–Crippen MR) is 69.7 cm³/mol. The van der Waals surface area contributed by atoms with Gasteiger partial charge in [0.2, 0.25) is 0 Å². The minimum Gasteiger partial charge on any atom is -0.382 e. The van der Waals surface area contributed by atoms with Crippen LogP contribution in [0.5, 0.6) is 0 Å². The fraction of sp³-hybridized carbons (Fsp3) is 0.538. The van der Waals surface area contributed by atoms with E-state index in [9.17, 15) is 4.79 Å². The fourth-order valence-electron chi connectivity index (χ4n) is 1.87. The molecule has 0 bridgehead atoms. The van der Waals surface area contributed by atoms with Crippen LogP contribution in [0.1, 0.15) is 24.3 Å². The molecule has 0 aromatic carbocycles. The van der Waals surface area contributed by atoms with E-state index in [0.29, 0.717) is 38.0 Å². The van der Waals surface area contributed by atoms with Crippen molar-refractivity contribution < 1.29 is 9.53 Å². The van der Waals surface area contributed by atoms with Crippen LogP contribution < -0.4 is 5.32 Å². The van der Waals surface area contributed by atoms with Crippen molar-refractivity contribution in [2.75, 3.05) is 31.6 Å². The second kappa shape index (κ2) is 5.82. The van der Waals surface area contributed by atoms with Crippen molar-refractivity contribution in [2.24, 2.45) is 0 Å². The van der Waals surface area contributed by atoms with E-state index in [1.807, 2.05) is 6.07 Å². The average molecular weight is 249 g/mol. The number of carbonyl (C=O) groups excluding carboxylic acids is 1. The summed E-state index contributed by atoms with van der Waals surface area (Å²) in [5.74, 6) is -0.0191. The molecule has 1 aliphatic heterocycles. The maximum Gasteiger partial charge on any atom is 0.272 e. The molecule has 0 unspecified atom stereocenters. The first-order valence-electron chi connectivity index (χ1n) is 6.26. The van der Waals surface area contributed by atoms with Gasteiger partial charge < -0.3 is 15.0 Å². The molecule has 1 amide bonds. The van der Waals surface area contributed by atoms with E-state index in [1.165, 1.54) is 0 Å². The van der Waals surface area contributed by atoms with Crippen molar-refractivity contribution in [1.29, 1.82) is 0 Å². The van der Waals surface area contributed by atoms with Crippen molar-refractivity contribution in [3.05, 3.63) is 24.0 Å². The lowest BCUT2D eigenvalue weighted by Crippen LogP contribution is -2.41. The third kappa shape index (κ3) is 3.20. The maximum absolute atomic E-state index is 12.1. The quantitative estimate of drug-likeness (QED) is 0.879. The Labute approximate surface area is 107 Å². The predicted octanol–water partition coefficient (Wildman–Crippen LogP) is 1.37. The van der Waals surface area contributed by atoms with Gasteiger partial charge in [0.25, 0.3) is 5.91 Å². The first-order valence-corrected chi connectivity index (χ1v) is 6.26. The Morgan fingerprint density at radius 1 is 1.39 bits per heavy atom. The Morgan fingerprint density at radius 3 is 2.67 bits per heavy atom. The van der Waals surface area contributed by atoms with Crippen molar-refractivity contribution in [2.45, 2.75) is 19.9 Å². The monoisotopic (exact) mass is 249 g/mol. The summed E-state index contributed by atoms with van der Waals surface area (Å²) in [4.78, 5) is 18.1. The maximum atomic E-state index is 12.1. The number of nitrogens with one attached hydrogen (secondary N) is 1. The SMILES string of the molecule is CC(C)Nc1ccc(C(=O)N2CCOCC2)nc1. The number of morpholine rings is 1. The molecule has 0 spiro atoms. The second-order valence-corrected chi connectivity index (χ2v) is 4.64. The molecule has 1 aliphatic rings. The number of hydrogen-bond donors (Lipinski definition) is 1. The molecule has 98 valence electrons. The van der Waals surface area contributed by atoms with Crippen LogP contribution in [-0.4, -0.2) is 48.1 Å². The molecule has 1 N–H and O–H groups in total. The van der Waals surface area contributed by atoms with E-state index in [2.05, 4.69) is 24.1 Å². The summed E-state index contributed by atoms with van der Waals surface area (Å²) in [6.07, 6.45) is 1.70. The first kappa shape index (κ1) is 12.8. The molecule has 18 heavy (non-hydrogen) atoms. The van der Waals surface area contributed by atoms with Crippen LogP contribution in [0.4, 0.5) is 5.69 Å². The van der Waals surface area contributed by atoms with Gasteiger partial charge in [-0.3, -0.25) is 4.79 Å². The first-order chi connectivity index (χ1) is 8.66. The fourth-order valence-corrected chi connectivity index (χ4v) is 1.87. The molecule has 0 radical (unpaired) electrons. The number of carbonyl (C=O) groups is 1. The number of nitrogens with zero attached hydrogens (tertiary/aromatic N) is 2. The average Bonchev–Trinajstić information content (AvgIpc) is 2.39. The summed E-state index contributed by atoms with van der Waals surface area (Å²) >= 11 is 0. The lowest BCUT2D eigenvalue weighted by atomic mass is 10.2. The highest BCUT2D eigenvalue weighted by atomic mass is 16.5. The molecule has 2 heterocycles. The van der Waals surface area contributed by atoms with Crippen LogP contribution in [0.15, 0.2) is 18.3 Å². The van der Waals surface area contributed by atoms with Gasteiger partial charge in [-0.15, -0.1) is 0 Å². The molecule has 2 rings (SSSR count). The van der Waals surface area contributed by atoms with E-state index < -0.39 is 0 Å². The second-order valence-electron chi connectivity index (χ2n) is 4.64. The molecular weight excluding hydrogens is 230 g/mol. The van der Waals surface area contributed by atoms with Gasteiger partial charge in [-0.25, -0.2) is 4.98 Å². The minimum atomic E-state index is -0.0191. The summed E-state index contributed by atoms with van der Waals surface area (Å²) in [7, 11) is 0. The van der Waals surface area contributed by atoms with Crippen molar-refractivity contribution in [1.82, 2.24) is 9.88 Å². The van der Waals surface area contributed by atoms with Crippen LogP contribution in [0.2, 0.25) is 0 Å². The van der Waals surface area contributed by atoms with Gasteiger partial charge in [-0.1, -0.05) is 0 Å². The van der Waals surface area contributed by atoms with Gasteiger partial charge in [0.1, 0.15) is 5.69 Å². The summed E-state index contributed by atoms with van der Waals surface area (Å²) in [5.41, 5.74) is 1.43. The largest absolute Gasteiger partial charge is 0.382 e. The van der Waals surface area contributed by atoms with Crippen LogP contribution in [0.25, 0.3) is 0 Å². The highest BCUT2D eigenvalue weighted by Gasteiger charge is 2.19. The number of aromatic nitrogens is 1. The van der Waals surface area contributed by atoms with Gasteiger partial charge in [0.15, 0.2) is 0 Å². The molecule has 1 saturated heterocycles. The van der Waals surface area contributed by atoms with E-state index in [4.69, 9.17) is 4.74 Å². The summed E-state index contributed by atoms with van der Waals surface area (Å²) in [6.45, 7) is 6.63. The normalized spacial score (nSPS) is 15.8. The zero-order valence-electron chi connectivity index (χ0n) is 10.8. The molecule has 0 aliphatic carbocycles. The molecule has 1 fully saturated rings. The zero-order valence-corrected chi connectivity index (χ0v) is 10.8. The van der Waals surface area contributed by atoms with Gasteiger partial charge in [-0.05, 0) is 26.0 Å². The van der Waals surface area contributed by atoms with E-state index in [1.54, 1.807) is 17.2 Å². The van der Waals surface area contributed by atoms with Gasteiger partial charge in [0, 0.05) is 19.1 Å². The Bertz CT molecular complexity index is 397. The van der Waals surface area contributed by atoms with Crippen molar-refractivity contribution in [3.63, 3.8) is 0 Å². The highest BCUT2D eigenvalue weighted by Crippen LogP contribution is 2.10. The molecule has 5 heteroatoms. The zero-order chi connectivity index (χ0) is 13.0. The third-order valence-electron chi connectivity index (χ3n) is 2.74. The summed E-state index contributed by atoms with van der Waals surface area (Å²) < 4.78 is 5.22. The molecule has 1 aromatic heterocycles. The Balaban J connectivity index is 2.02. The van der Waals surface area contributed by atoms with E-state index in [0.717, 1.165) is 5.69 Å². The highest BCUT2D eigenvalue weighted by molar-refractivity contribution is 5.92. The molecule has 0 saturated carbocycles. The van der Waals surface area contributed by atoms with Crippen molar-refractivity contribution in [3.8, 4) is 0 Å². The van der Waals surface area contributed by atoms with Gasteiger partial charge >= 0.3 is 0 Å². The van der Waals surface area contributed by atoms with Crippen LogP contribution in [0, 0.1) is 0 Å². The molecule has 0 atom stereocenters. The van der Waals surface area contributed by atoms with E-state index in [-0.39, 0.29) is 5.91 Å². The molecular formula is C13H19N3O2. The number of amides is 1. The van der Waals surface area contributed by atoms with Gasteiger partial charge in [-0.2, -0.15) is 0 Å². The minimum absolute atomic E-state index is 0.0191. The van der Waals surface area contributed by atoms with Crippen LogP contribution >= 0.6 is 0 Å². The number of anilines is 1. The molecule has 1 aromatic rings. The standard InChI is InChI=1S/C13H19N3O2/c1-10(2)15-11-3-4-12(14-9-11)13(17)16-5-7-18-8-6-16/h3-4,9-10,15H,5-8H2,1-2H3. The van der Waals surface area contributed by atoms with Crippen LogP contribution in [-0.2, 0) is 4.74 Å². The summed E-state index contributed by atoms with van der Waals surface area (Å²) in [6, 6.07) is 4.01. The molecule has 5 nitrogen and oxygen atoms in total. The van der Waals surface area contributed by atoms with Crippen LogP contribution in [0.3, 0.4) is 0 Å². The number of rotatable bonds is 3. The van der Waals surface area contributed by atoms with Gasteiger partial charge in [0.05, 0.1) is 25.1 Å². The Morgan fingerprint density at radius 2 is 2.11 bits per heavy atom. The number of pyridine rings is 1. The lowest BCUT2D eigenvalue weighted by Gasteiger charge is -2.26. The Hall–Kier alpha value is -1.62. The summed E-state index contributed by atoms with van der Waals surface area (Å²) in [5, 5.41) is 3.24. The van der Waals surface area contributed by atoms with E-state index >= 15 is 0 Å². The topological polar surface area (TPSA) is 54.5 Å². The third-order valence-corrected chi connectivity index (χ3v) is 2.74. The number of hydrogen-bond acceptors (Lipinski definition) is 4. The Kier molecular flexibility index (Phi) is 4.15. The van der Waals surface area contributed by atoms with Crippen molar-refractivity contribution >= 4 is 11.6 Å². The number of ether oxygens (including phenoxy) is 1. The lowest BCUT2D eigenvalue weighted by molar-refractivity contribution is 0.0299. The smallest absolute Gasteiger partial charge is 0.272 e.